The summed E-state index contributed by atoms with van der Waals surface area (Å²) in [7, 11) is 0. The Balaban J connectivity index is 1.94. The fraction of sp³-hybridized carbons (Fsp3) is 0.357. The van der Waals surface area contributed by atoms with Crippen molar-refractivity contribution in [1.29, 1.82) is 0 Å². The maximum Gasteiger partial charge on any atom is 0.127 e. The van der Waals surface area contributed by atoms with Crippen LogP contribution in [-0.2, 0) is 19.4 Å². The third-order valence-electron chi connectivity index (χ3n) is 3.32. The zero-order valence-corrected chi connectivity index (χ0v) is 10.1. The summed E-state index contributed by atoms with van der Waals surface area (Å²) in [5.74, 6) is 1.23. The van der Waals surface area contributed by atoms with E-state index in [2.05, 4.69) is 47.3 Å². The topological polar surface area (TPSA) is 29.9 Å². The van der Waals surface area contributed by atoms with Crippen LogP contribution in [0.1, 0.15) is 23.7 Å². The van der Waals surface area contributed by atoms with Crippen LogP contribution in [0.25, 0.3) is 0 Å². The van der Waals surface area contributed by atoms with E-state index in [9.17, 15) is 0 Å². The minimum Gasteiger partial charge on any atom is -0.370 e. The van der Waals surface area contributed by atoms with Crippen LogP contribution in [0.15, 0.2) is 30.3 Å². The molecule has 0 bridgehead atoms. The third-order valence-corrected chi connectivity index (χ3v) is 3.32. The largest absolute Gasteiger partial charge is 0.370 e. The van der Waals surface area contributed by atoms with E-state index in [1.54, 1.807) is 0 Å². The van der Waals surface area contributed by atoms with Gasteiger partial charge < -0.3 is 5.32 Å². The Bertz CT molecular complexity index is 514. The highest BCUT2D eigenvalue weighted by Crippen LogP contribution is 2.27. The molecule has 0 atom stereocenters. The lowest BCUT2D eigenvalue weighted by Gasteiger charge is -2.01. The van der Waals surface area contributed by atoms with Crippen LogP contribution in [0.5, 0.6) is 0 Å². The summed E-state index contributed by atoms with van der Waals surface area (Å²) in [5, 5.41) is 8.13. The third kappa shape index (κ3) is 1.82. The number of benzene rings is 1. The van der Waals surface area contributed by atoms with E-state index >= 15 is 0 Å². The monoisotopic (exact) mass is 227 g/mol. The Kier molecular flexibility index (Phi) is 2.59. The van der Waals surface area contributed by atoms with E-state index in [1.807, 2.05) is 0 Å². The van der Waals surface area contributed by atoms with Gasteiger partial charge in [0.2, 0.25) is 0 Å². The van der Waals surface area contributed by atoms with Crippen LogP contribution in [0, 0.1) is 0 Å². The minimum atomic E-state index is 0.935. The molecule has 1 N–H and O–H groups in total. The van der Waals surface area contributed by atoms with E-state index in [0.717, 1.165) is 25.9 Å². The Hall–Kier alpha value is -1.77. The first-order valence-electron chi connectivity index (χ1n) is 6.25. The number of aromatic nitrogens is 2. The smallest absolute Gasteiger partial charge is 0.127 e. The lowest BCUT2D eigenvalue weighted by Crippen LogP contribution is -2.05. The number of nitrogens with one attached hydrogen (secondary N) is 1. The molecule has 0 amide bonds. The molecule has 1 aromatic heterocycles. The standard InChI is InChI=1S/C14H17N3/c1-2-17-14-12(8-9-15-14)13(16-17)10-11-6-4-3-5-7-11/h3-7,15H,2,8-10H2,1H3. The zero-order chi connectivity index (χ0) is 11.7. The Labute approximate surface area is 101 Å². The molecule has 2 aromatic rings. The highest BCUT2D eigenvalue weighted by Gasteiger charge is 2.21. The molecule has 88 valence electrons. The SMILES string of the molecule is CCn1nc(Cc2ccccc2)c2c1NCC2. The van der Waals surface area contributed by atoms with Gasteiger partial charge in [-0.05, 0) is 18.9 Å². The molecule has 3 rings (SSSR count). The molecule has 0 aliphatic carbocycles. The summed E-state index contributed by atoms with van der Waals surface area (Å²) in [4.78, 5) is 0. The van der Waals surface area contributed by atoms with Gasteiger partial charge in [-0.2, -0.15) is 5.10 Å². The fourth-order valence-corrected chi connectivity index (χ4v) is 2.48. The molecule has 17 heavy (non-hydrogen) atoms. The molecule has 0 saturated heterocycles. The van der Waals surface area contributed by atoms with Crippen molar-refractivity contribution < 1.29 is 0 Å². The van der Waals surface area contributed by atoms with Gasteiger partial charge in [-0.25, -0.2) is 4.68 Å². The van der Waals surface area contributed by atoms with Gasteiger partial charge in [0.15, 0.2) is 0 Å². The van der Waals surface area contributed by atoms with Gasteiger partial charge in [-0.3, -0.25) is 0 Å². The van der Waals surface area contributed by atoms with Crippen molar-refractivity contribution in [1.82, 2.24) is 9.78 Å². The van der Waals surface area contributed by atoms with Crippen molar-refractivity contribution >= 4 is 5.82 Å². The van der Waals surface area contributed by atoms with Crippen LogP contribution in [0.2, 0.25) is 0 Å². The van der Waals surface area contributed by atoms with Gasteiger partial charge in [0.1, 0.15) is 5.82 Å². The lowest BCUT2D eigenvalue weighted by atomic mass is 10.1. The van der Waals surface area contributed by atoms with E-state index in [0.29, 0.717) is 0 Å². The van der Waals surface area contributed by atoms with Gasteiger partial charge in [-0.1, -0.05) is 30.3 Å². The Morgan fingerprint density at radius 3 is 2.88 bits per heavy atom. The van der Waals surface area contributed by atoms with Gasteiger partial charge in [0, 0.05) is 25.1 Å². The lowest BCUT2D eigenvalue weighted by molar-refractivity contribution is 0.655. The summed E-state index contributed by atoms with van der Waals surface area (Å²) < 4.78 is 2.08. The molecule has 1 aliphatic rings. The number of hydrogen-bond donors (Lipinski definition) is 1. The molecule has 0 saturated carbocycles. The number of aryl methyl sites for hydroxylation is 1. The minimum absolute atomic E-state index is 0.935. The van der Waals surface area contributed by atoms with Crippen molar-refractivity contribution in [3.05, 3.63) is 47.2 Å². The fourth-order valence-electron chi connectivity index (χ4n) is 2.48. The number of nitrogens with zero attached hydrogens (tertiary/aromatic N) is 2. The quantitative estimate of drug-likeness (QED) is 0.873. The van der Waals surface area contributed by atoms with Gasteiger partial charge in [0.25, 0.3) is 0 Å². The van der Waals surface area contributed by atoms with Gasteiger partial charge in [-0.15, -0.1) is 0 Å². The molecule has 0 spiro atoms. The second kappa shape index (κ2) is 4.24. The molecule has 0 unspecified atom stereocenters. The normalized spacial score (nSPS) is 13.5. The summed E-state index contributed by atoms with van der Waals surface area (Å²) in [5.41, 5.74) is 3.98. The van der Waals surface area contributed by atoms with Crippen molar-refractivity contribution in [3.8, 4) is 0 Å². The molecule has 0 fully saturated rings. The van der Waals surface area contributed by atoms with Crippen molar-refractivity contribution in [2.24, 2.45) is 0 Å². The Morgan fingerprint density at radius 2 is 2.12 bits per heavy atom. The first kappa shape index (κ1) is 10.4. The molecule has 2 heterocycles. The van der Waals surface area contributed by atoms with Crippen LogP contribution in [0.4, 0.5) is 5.82 Å². The van der Waals surface area contributed by atoms with E-state index < -0.39 is 0 Å². The highest BCUT2D eigenvalue weighted by atomic mass is 15.3. The van der Waals surface area contributed by atoms with Crippen LogP contribution < -0.4 is 5.32 Å². The zero-order valence-electron chi connectivity index (χ0n) is 10.1. The van der Waals surface area contributed by atoms with Crippen LogP contribution >= 0.6 is 0 Å². The highest BCUT2D eigenvalue weighted by molar-refractivity contribution is 5.53. The summed E-state index contributed by atoms with van der Waals surface area (Å²) in [6, 6.07) is 10.6. The molecule has 3 nitrogen and oxygen atoms in total. The average molecular weight is 227 g/mol. The predicted molar refractivity (Wildman–Crippen MR) is 69.3 cm³/mol. The van der Waals surface area contributed by atoms with E-state index in [1.165, 1.54) is 22.6 Å². The summed E-state index contributed by atoms with van der Waals surface area (Å²) in [6.07, 6.45) is 2.05. The van der Waals surface area contributed by atoms with Crippen molar-refractivity contribution in [2.75, 3.05) is 11.9 Å². The summed E-state index contributed by atoms with van der Waals surface area (Å²) >= 11 is 0. The average Bonchev–Trinajstić information content (AvgIpc) is 2.94. The van der Waals surface area contributed by atoms with Crippen molar-refractivity contribution in [2.45, 2.75) is 26.3 Å². The first-order chi connectivity index (χ1) is 8.38. The molecule has 1 aliphatic heterocycles. The van der Waals surface area contributed by atoms with E-state index in [-0.39, 0.29) is 0 Å². The Morgan fingerprint density at radius 1 is 1.29 bits per heavy atom. The second-order valence-corrected chi connectivity index (χ2v) is 4.43. The molecular weight excluding hydrogens is 210 g/mol. The maximum atomic E-state index is 4.70. The van der Waals surface area contributed by atoms with Crippen LogP contribution in [0.3, 0.4) is 0 Å². The second-order valence-electron chi connectivity index (χ2n) is 4.43. The van der Waals surface area contributed by atoms with Gasteiger partial charge in [0.05, 0.1) is 5.69 Å². The first-order valence-corrected chi connectivity index (χ1v) is 6.25. The van der Waals surface area contributed by atoms with Crippen LogP contribution in [-0.4, -0.2) is 16.3 Å². The maximum absolute atomic E-state index is 4.70. The summed E-state index contributed by atoms with van der Waals surface area (Å²) in [6.45, 7) is 4.12. The predicted octanol–water partition coefficient (Wildman–Crippen LogP) is 2.46. The number of anilines is 1. The molecule has 1 aromatic carbocycles. The molecule has 3 heteroatoms. The molecule has 0 radical (unpaired) electrons. The molecular formula is C14H17N3. The van der Waals surface area contributed by atoms with Crippen molar-refractivity contribution in [3.63, 3.8) is 0 Å². The number of hydrogen-bond acceptors (Lipinski definition) is 2. The number of rotatable bonds is 3. The van der Waals surface area contributed by atoms with E-state index in [4.69, 9.17) is 5.10 Å². The van der Waals surface area contributed by atoms with Gasteiger partial charge >= 0.3 is 0 Å². The number of fused-ring (bicyclic) bond motifs is 1.